The first-order valence-electron chi connectivity index (χ1n) is 7.70. The molecular weight excluding hydrogens is 326 g/mol. The van der Waals surface area contributed by atoms with Crippen LogP contribution in [0.1, 0.15) is 42.6 Å². The molecule has 2 aromatic rings. The minimum Gasteiger partial charge on any atom is -0.483 e. The molecule has 0 aliphatic heterocycles. The Kier molecular flexibility index (Phi) is 5.99. The van der Waals surface area contributed by atoms with Gasteiger partial charge < -0.3 is 10.1 Å². The topological polar surface area (TPSA) is 55.4 Å². The molecule has 126 valence electrons. The van der Waals surface area contributed by atoms with Crippen molar-refractivity contribution in [3.8, 4) is 5.75 Å². The summed E-state index contributed by atoms with van der Waals surface area (Å²) in [5.41, 5.74) is 2.18. The van der Waals surface area contributed by atoms with Crippen LogP contribution in [0.4, 0.5) is 5.69 Å². The van der Waals surface area contributed by atoms with Gasteiger partial charge in [0.05, 0.1) is 5.56 Å². The Morgan fingerprint density at radius 1 is 1.17 bits per heavy atom. The maximum atomic E-state index is 12.2. The lowest BCUT2D eigenvalue weighted by Gasteiger charge is -2.14. The number of amides is 1. The van der Waals surface area contributed by atoms with Crippen LogP contribution in [-0.4, -0.2) is 18.3 Å². The molecule has 2 rings (SSSR count). The van der Waals surface area contributed by atoms with Gasteiger partial charge in [-0.05, 0) is 42.7 Å². The summed E-state index contributed by atoms with van der Waals surface area (Å²) in [7, 11) is 0. The molecule has 0 aliphatic rings. The number of hydrogen-bond acceptors (Lipinski definition) is 3. The van der Waals surface area contributed by atoms with Gasteiger partial charge in [-0.25, -0.2) is 0 Å². The highest BCUT2D eigenvalue weighted by Crippen LogP contribution is 2.25. The van der Waals surface area contributed by atoms with E-state index in [4.69, 9.17) is 16.3 Å². The SMILES string of the molecule is CC(=O)c1cc(Cl)ccc1OCC(=O)Nc1ccccc1C(C)C. The summed E-state index contributed by atoms with van der Waals surface area (Å²) < 4.78 is 5.50. The molecular formula is C19H20ClNO3. The summed E-state index contributed by atoms with van der Waals surface area (Å²) in [5, 5.41) is 3.29. The van der Waals surface area contributed by atoms with Crippen LogP contribution in [-0.2, 0) is 4.79 Å². The molecule has 0 unspecified atom stereocenters. The maximum absolute atomic E-state index is 12.2. The molecule has 0 fully saturated rings. The minimum absolute atomic E-state index is 0.168. The van der Waals surface area contributed by atoms with Gasteiger partial charge in [-0.1, -0.05) is 43.6 Å². The highest BCUT2D eigenvalue weighted by molar-refractivity contribution is 6.31. The van der Waals surface area contributed by atoms with E-state index >= 15 is 0 Å². The van der Waals surface area contributed by atoms with Gasteiger partial charge in [0.15, 0.2) is 12.4 Å². The Hall–Kier alpha value is -2.33. The Morgan fingerprint density at radius 3 is 2.54 bits per heavy atom. The summed E-state index contributed by atoms with van der Waals surface area (Å²) in [6, 6.07) is 12.4. The number of halogens is 1. The van der Waals surface area contributed by atoms with Gasteiger partial charge >= 0.3 is 0 Å². The first-order chi connectivity index (χ1) is 11.4. The minimum atomic E-state index is -0.285. The molecule has 0 spiro atoms. The van der Waals surface area contributed by atoms with Gasteiger partial charge in [-0.2, -0.15) is 0 Å². The number of para-hydroxylation sites is 1. The number of carbonyl (C=O) groups is 2. The van der Waals surface area contributed by atoms with Crippen molar-refractivity contribution in [2.24, 2.45) is 0 Å². The van der Waals surface area contributed by atoms with Crippen LogP contribution in [0.3, 0.4) is 0 Å². The largest absolute Gasteiger partial charge is 0.483 e. The summed E-state index contributed by atoms with van der Waals surface area (Å²) in [6.07, 6.45) is 0. The second kappa shape index (κ2) is 7.97. The van der Waals surface area contributed by atoms with Crippen molar-refractivity contribution in [2.45, 2.75) is 26.7 Å². The summed E-state index contributed by atoms with van der Waals surface area (Å²) >= 11 is 5.89. The molecule has 24 heavy (non-hydrogen) atoms. The van der Waals surface area contributed by atoms with Gasteiger partial charge in [-0.15, -0.1) is 0 Å². The smallest absolute Gasteiger partial charge is 0.262 e. The number of nitrogens with one attached hydrogen (secondary N) is 1. The molecule has 0 aromatic heterocycles. The fraction of sp³-hybridized carbons (Fsp3) is 0.263. The van der Waals surface area contributed by atoms with E-state index < -0.39 is 0 Å². The molecule has 0 saturated carbocycles. The highest BCUT2D eigenvalue weighted by Gasteiger charge is 2.13. The van der Waals surface area contributed by atoms with Crippen molar-refractivity contribution < 1.29 is 14.3 Å². The quantitative estimate of drug-likeness (QED) is 0.773. The van der Waals surface area contributed by atoms with Crippen LogP contribution in [0.25, 0.3) is 0 Å². The maximum Gasteiger partial charge on any atom is 0.262 e. The van der Waals surface area contributed by atoms with Crippen molar-refractivity contribution in [3.63, 3.8) is 0 Å². The molecule has 2 aromatic carbocycles. The molecule has 0 heterocycles. The fourth-order valence-corrected chi connectivity index (χ4v) is 2.52. The highest BCUT2D eigenvalue weighted by atomic mass is 35.5. The summed E-state index contributed by atoms with van der Waals surface area (Å²) in [6.45, 7) is 5.37. The number of ether oxygens (including phenoxy) is 1. The fourth-order valence-electron chi connectivity index (χ4n) is 2.35. The van der Waals surface area contributed by atoms with E-state index in [0.717, 1.165) is 11.3 Å². The molecule has 0 radical (unpaired) electrons. The van der Waals surface area contributed by atoms with E-state index in [1.165, 1.54) is 13.0 Å². The lowest BCUT2D eigenvalue weighted by atomic mass is 10.0. The third kappa shape index (κ3) is 4.59. The summed E-state index contributed by atoms with van der Waals surface area (Å²) in [4.78, 5) is 23.8. The predicted octanol–water partition coefficient (Wildman–Crippen LogP) is 4.68. The normalized spacial score (nSPS) is 10.5. The van der Waals surface area contributed by atoms with E-state index in [1.807, 2.05) is 24.3 Å². The van der Waals surface area contributed by atoms with Crippen LogP contribution in [0, 0.1) is 0 Å². The predicted molar refractivity (Wildman–Crippen MR) is 96.1 cm³/mol. The van der Waals surface area contributed by atoms with Gasteiger partial charge in [-0.3, -0.25) is 9.59 Å². The number of Topliss-reactive ketones (excluding diaryl/α,β-unsaturated/α-hetero) is 1. The Labute approximate surface area is 146 Å². The van der Waals surface area contributed by atoms with E-state index in [-0.39, 0.29) is 18.3 Å². The summed E-state index contributed by atoms with van der Waals surface area (Å²) in [5.74, 6) is 0.188. The van der Waals surface area contributed by atoms with Crippen molar-refractivity contribution in [2.75, 3.05) is 11.9 Å². The van der Waals surface area contributed by atoms with Gasteiger partial charge in [0.1, 0.15) is 5.75 Å². The standard InChI is InChI=1S/C19H20ClNO3/c1-12(2)15-6-4-5-7-17(15)21-19(23)11-24-18-9-8-14(20)10-16(18)13(3)22/h4-10,12H,11H2,1-3H3,(H,21,23). The Balaban J connectivity index is 2.06. The van der Waals surface area contributed by atoms with Crippen LogP contribution >= 0.6 is 11.6 Å². The van der Waals surface area contributed by atoms with E-state index in [9.17, 15) is 9.59 Å². The number of benzene rings is 2. The van der Waals surface area contributed by atoms with E-state index in [1.54, 1.807) is 12.1 Å². The monoisotopic (exact) mass is 345 g/mol. The number of hydrogen-bond donors (Lipinski definition) is 1. The zero-order chi connectivity index (χ0) is 17.7. The Bertz CT molecular complexity index is 756. The van der Waals surface area contributed by atoms with Crippen molar-refractivity contribution in [3.05, 3.63) is 58.6 Å². The van der Waals surface area contributed by atoms with Crippen LogP contribution in [0.2, 0.25) is 5.02 Å². The second-order valence-corrected chi connectivity index (χ2v) is 6.21. The van der Waals surface area contributed by atoms with Crippen LogP contribution in [0.5, 0.6) is 5.75 Å². The number of rotatable bonds is 6. The molecule has 1 N–H and O–H groups in total. The van der Waals surface area contributed by atoms with Crippen LogP contribution < -0.4 is 10.1 Å². The van der Waals surface area contributed by atoms with E-state index in [2.05, 4.69) is 19.2 Å². The molecule has 1 amide bonds. The molecule has 4 nitrogen and oxygen atoms in total. The average molecular weight is 346 g/mol. The number of carbonyl (C=O) groups excluding carboxylic acids is 2. The van der Waals surface area contributed by atoms with Crippen LogP contribution in [0.15, 0.2) is 42.5 Å². The lowest BCUT2D eigenvalue weighted by molar-refractivity contribution is -0.118. The lowest BCUT2D eigenvalue weighted by Crippen LogP contribution is -2.21. The van der Waals surface area contributed by atoms with Gasteiger partial charge in [0, 0.05) is 10.7 Å². The van der Waals surface area contributed by atoms with E-state index in [0.29, 0.717) is 22.3 Å². The molecule has 0 saturated heterocycles. The molecule has 0 aliphatic carbocycles. The third-order valence-corrected chi connectivity index (χ3v) is 3.77. The Morgan fingerprint density at radius 2 is 1.88 bits per heavy atom. The molecule has 5 heteroatoms. The third-order valence-electron chi connectivity index (χ3n) is 3.54. The zero-order valence-corrected chi connectivity index (χ0v) is 14.7. The first kappa shape index (κ1) is 18.0. The molecule has 0 atom stereocenters. The van der Waals surface area contributed by atoms with Gasteiger partial charge in [0.2, 0.25) is 0 Å². The number of anilines is 1. The second-order valence-electron chi connectivity index (χ2n) is 5.78. The van der Waals surface area contributed by atoms with Gasteiger partial charge in [0.25, 0.3) is 5.91 Å². The van der Waals surface area contributed by atoms with Crippen molar-refractivity contribution in [1.29, 1.82) is 0 Å². The molecule has 0 bridgehead atoms. The van der Waals surface area contributed by atoms with Crippen molar-refractivity contribution in [1.82, 2.24) is 0 Å². The average Bonchev–Trinajstić information content (AvgIpc) is 2.53. The first-order valence-corrected chi connectivity index (χ1v) is 8.08. The number of ketones is 1. The van der Waals surface area contributed by atoms with Crippen molar-refractivity contribution >= 4 is 29.0 Å². The zero-order valence-electron chi connectivity index (χ0n) is 13.9.